The SMILES string of the molecule is CCC(C)(C)CCC(=O)OCCN(CCOC(=O)CCN(CCN(CC(=O)O)C(C)(C)CC)CC(=O)O)CC(=O)OC(C)(C)C. The summed E-state index contributed by atoms with van der Waals surface area (Å²) in [6, 6.07) is 0. The van der Waals surface area contributed by atoms with Gasteiger partial charge in [0.05, 0.1) is 26.1 Å². The van der Waals surface area contributed by atoms with E-state index in [4.69, 9.17) is 14.2 Å². The second-order valence-corrected chi connectivity index (χ2v) is 13.7. The molecule has 0 fully saturated rings. The Labute approximate surface area is 269 Å². The zero-order chi connectivity index (χ0) is 34.8. The maximum atomic E-state index is 12.5. The molecule has 0 spiro atoms. The van der Waals surface area contributed by atoms with Crippen LogP contribution in [0.5, 0.6) is 0 Å². The minimum atomic E-state index is -1.06. The van der Waals surface area contributed by atoms with Crippen LogP contribution in [0.1, 0.15) is 94.4 Å². The monoisotopic (exact) mass is 645 g/mol. The van der Waals surface area contributed by atoms with E-state index in [0.717, 1.165) is 6.42 Å². The molecule has 0 rings (SSSR count). The summed E-state index contributed by atoms with van der Waals surface area (Å²) in [5, 5.41) is 18.7. The van der Waals surface area contributed by atoms with E-state index in [-0.39, 0.29) is 76.8 Å². The molecule has 0 unspecified atom stereocenters. The third kappa shape index (κ3) is 21.6. The van der Waals surface area contributed by atoms with Crippen molar-refractivity contribution in [1.29, 1.82) is 0 Å². The van der Waals surface area contributed by atoms with Crippen LogP contribution in [0.4, 0.5) is 0 Å². The van der Waals surface area contributed by atoms with E-state index >= 15 is 0 Å². The number of carbonyl (C=O) groups excluding carboxylic acids is 3. The first kappa shape index (κ1) is 42.2. The summed E-state index contributed by atoms with van der Waals surface area (Å²) in [4.78, 5) is 65.1. The molecule has 13 heteroatoms. The molecule has 0 aromatic carbocycles. The maximum absolute atomic E-state index is 12.5. The minimum Gasteiger partial charge on any atom is -0.480 e. The number of hydrogen-bond acceptors (Lipinski definition) is 11. The average molecular weight is 646 g/mol. The molecule has 13 nitrogen and oxygen atoms in total. The third-order valence-electron chi connectivity index (χ3n) is 7.80. The highest BCUT2D eigenvalue weighted by molar-refractivity contribution is 5.72. The summed E-state index contributed by atoms with van der Waals surface area (Å²) in [6.07, 6.45) is 2.60. The van der Waals surface area contributed by atoms with Crippen LogP contribution in [-0.2, 0) is 38.2 Å². The van der Waals surface area contributed by atoms with Gasteiger partial charge in [0, 0.05) is 44.7 Å². The summed E-state index contributed by atoms with van der Waals surface area (Å²) in [5.41, 5.74) is -1.03. The van der Waals surface area contributed by atoms with Crippen molar-refractivity contribution in [3.63, 3.8) is 0 Å². The molecule has 0 saturated carbocycles. The standard InChI is InChI=1S/C32H59N3O10/c1-10-31(6,7)14-12-27(40)43-20-18-34(24-29(42)45-30(3,4)5)19-21-44-28(41)13-15-33(22-25(36)37)16-17-35(23-26(38)39)32(8,9)11-2/h10-24H2,1-9H3,(H,36,37)(H,38,39). The van der Waals surface area contributed by atoms with Crippen LogP contribution >= 0.6 is 0 Å². The quantitative estimate of drug-likeness (QED) is 0.116. The van der Waals surface area contributed by atoms with E-state index in [1.54, 1.807) is 35.5 Å². The zero-order valence-corrected chi connectivity index (χ0v) is 29.1. The van der Waals surface area contributed by atoms with E-state index in [1.165, 1.54) is 0 Å². The maximum Gasteiger partial charge on any atom is 0.320 e. The highest BCUT2D eigenvalue weighted by Crippen LogP contribution is 2.26. The predicted molar refractivity (Wildman–Crippen MR) is 170 cm³/mol. The van der Waals surface area contributed by atoms with Crippen LogP contribution in [0.15, 0.2) is 0 Å². The van der Waals surface area contributed by atoms with Crippen LogP contribution in [0.2, 0.25) is 0 Å². The van der Waals surface area contributed by atoms with E-state index in [0.29, 0.717) is 25.8 Å². The van der Waals surface area contributed by atoms with Gasteiger partial charge in [0.2, 0.25) is 0 Å². The second kappa shape index (κ2) is 20.4. The molecule has 45 heavy (non-hydrogen) atoms. The van der Waals surface area contributed by atoms with Gasteiger partial charge in [-0.15, -0.1) is 0 Å². The fraction of sp³-hybridized carbons (Fsp3) is 0.844. The van der Waals surface area contributed by atoms with Crippen LogP contribution in [0.25, 0.3) is 0 Å². The number of ether oxygens (including phenoxy) is 3. The summed E-state index contributed by atoms with van der Waals surface area (Å²) < 4.78 is 16.2. The topological polar surface area (TPSA) is 163 Å². The van der Waals surface area contributed by atoms with Gasteiger partial charge in [0.15, 0.2) is 0 Å². The van der Waals surface area contributed by atoms with Crippen molar-refractivity contribution in [2.24, 2.45) is 5.41 Å². The highest BCUT2D eigenvalue weighted by Gasteiger charge is 2.27. The van der Waals surface area contributed by atoms with E-state index in [2.05, 4.69) is 20.8 Å². The van der Waals surface area contributed by atoms with Crippen LogP contribution in [-0.4, -0.2) is 131 Å². The molecule has 0 heterocycles. The van der Waals surface area contributed by atoms with E-state index in [9.17, 15) is 34.2 Å². The third-order valence-corrected chi connectivity index (χ3v) is 7.80. The lowest BCUT2D eigenvalue weighted by Gasteiger charge is -2.38. The average Bonchev–Trinajstić information content (AvgIpc) is 2.90. The second-order valence-electron chi connectivity index (χ2n) is 13.7. The Morgan fingerprint density at radius 3 is 1.58 bits per heavy atom. The van der Waals surface area contributed by atoms with E-state index in [1.807, 2.05) is 20.8 Å². The van der Waals surface area contributed by atoms with Crippen molar-refractivity contribution in [1.82, 2.24) is 14.7 Å². The fourth-order valence-corrected chi connectivity index (χ4v) is 4.12. The van der Waals surface area contributed by atoms with Gasteiger partial charge in [0.1, 0.15) is 18.8 Å². The number of carbonyl (C=O) groups is 5. The molecule has 0 radical (unpaired) electrons. The summed E-state index contributed by atoms with van der Waals surface area (Å²) in [5.74, 6) is -3.34. The zero-order valence-electron chi connectivity index (χ0n) is 29.1. The van der Waals surface area contributed by atoms with Crippen LogP contribution in [0, 0.1) is 5.41 Å². The summed E-state index contributed by atoms with van der Waals surface area (Å²) in [7, 11) is 0. The first-order chi connectivity index (χ1) is 20.7. The van der Waals surface area contributed by atoms with Crippen molar-refractivity contribution in [2.75, 3.05) is 65.6 Å². The molecule has 0 saturated heterocycles. The van der Waals surface area contributed by atoms with Crippen molar-refractivity contribution >= 4 is 29.8 Å². The van der Waals surface area contributed by atoms with Crippen molar-refractivity contribution in [3.8, 4) is 0 Å². The van der Waals surface area contributed by atoms with Gasteiger partial charge < -0.3 is 24.4 Å². The van der Waals surface area contributed by atoms with Gasteiger partial charge >= 0.3 is 29.8 Å². The van der Waals surface area contributed by atoms with Gasteiger partial charge in [-0.2, -0.15) is 0 Å². The number of nitrogens with zero attached hydrogens (tertiary/aromatic N) is 3. The van der Waals surface area contributed by atoms with Crippen molar-refractivity contribution in [2.45, 2.75) is 106 Å². The fourth-order valence-electron chi connectivity index (χ4n) is 4.12. The lowest BCUT2D eigenvalue weighted by Crippen LogP contribution is -2.50. The Balaban J connectivity index is 5.04. The lowest BCUT2D eigenvalue weighted by atomic mass is 9.85. The molecule has 0 aromatic rings. The number of carboxylic acids is 2. The molecular weight excluding hydrogens is 586 g/mol. The molecule has 0 aromatic heterocycles. The molecule has 0 aliphatic heterocycles. The molecule has 262 valence electrons. The molecule has 2 N–H and O–H groups in total. The molecule has 0 atom stereocenters. The largest absolute Gasteiger partial charge is 0.480 e. The molecular formula is C32H59N3O10. The molecule has 0 aliphatic rings. The smallest absolute Gasteiger partial charge is 0.320 e. The van der Waals surface area contributed by atoms with Crippen LogP contribution in [0.3, 0.4) is 0 Å². The Bertz CT molecular complexity index is 946. The first-order valence-electron chi connectivity index (χ1n) is 15.9. The predicted octanol–water partition coefficient (Wildman–Crippen LogP) is 3.28. The first-order valence-corrected chi connectivity index (χ1v) is 15.9. The van der Waals surface area contributed by atoms with Gasteiger partial charge in [0.25, 0.3) is 0 Å². The molecule has 0 bridgehead atoms. The lowest BCUT2D eigenvalue weighted by molar-refractivity contribution is -0.156. The number of rotatable bonds is 24. The number of esters is 3. The van der Waals surface area contributed by atoms with Crippen molar-refractivity contribution < 1.29 is 48.4 Å². The molecule has 0 amide bonds. The van der Waals surface area contributed by atoms with Gasteiger partial charge in [-0.05, 0) is 52.9 Å². The Kier molecular flexibility index (Phi) is 19.1. The summed E-state index contributed by atoms with van der Waals surface area (Å²) >= 11 is 0. The minimum absolute atomic E-state index is 0.0315. The normalized spacial score (nSPS) is 12.4. The van der Waals surface area contributed by atoms with Gasteiger partial charge in [-0.3, -0.25) is 38.7 Å². The van der Waals surface area contributed by atoms with E-state index < -0.39 is 35.0 Å². The number of aliphatic carboxylic acids is 2. The molecule has 0 aliphatic carbocycles. The Hall–Kier alpha value is -2.77. The summed E-state index contributed by atoms with van der Waals surface area (Å²) in [6.45, 7) is 18.0. The van der Waals surface area contributed by atoms with Crippen molar-refractivity contribution in [3.05, 3.63) is 0 Å². The van der Waals surface area contributed by atoms with Gasteiger partial charge in [-0.25, -0.2) is 0 Å². The Morgan fingerprint density at radius 2 is 1.11 bits per heavy atom. The number of carboxylic acid groups (broad SMARTS) is 2. The van der Waals surface area contributed by atoms with Crippen LogP contribution < -0.4 is 0 Å². The highest BCUT2D eigenvalue weighted by atomic mass is 16.6. The number of hydrogen-bond donors (Lipinski definition) is 2. The van der Waals surface area contributed by atoms with Gasteiger partial charge in [-0.1, -0.05) is 34.1 Å². The Morgan fingerprint density at radius 1 is 0.600 bits per heavy atom.